The zero-order valence-electron chi connectivity index (χ0n) is 11.1. The second-order valence-electron chi connectivity index (χ2n) is 4.61. The van der Waals surface area contributed by atoms with Gasteiger partial charge in [0.1, 0.15) is 5.69 Å². The van der Waals surface area contributed by atoms with E-state index < -0.39 is 10.8 Å². The number of carbonyl (C=O) groups excluding carboxylic acids is 1. The maximum absolute atomic E-state index is 12.2. The second kappa shape index (κ2) is 7.08. The Morgan fingerprint density at radius 1 is 1.29 bits per heavy atom. The Hall–Kier alpha value is -2.08. The molecule has 0 aliphatic carbocycles. The first-order valence-electron chi connectivity index (χ1n) is 6.38. The van der Waals surface area contributed by atoms with Crippen LogP contribution >= 0.6 is 15.9 Å². The van der Waals surface area contributed by atoms with Crippen LogP contribution in [0, 0.1) is 10.1 Å². The summed E-state index contributed by atoms with van der Waals surface area (Å²) in [7, 11) is 0. The number of rotatable bonds is 6. The molecule has 0 fully saturated rings. The summed E-state index contributed by atoms with van der Waals surface area (Å²) in [5, 5.41) is 10.9. The number of aromatic nitrogens is 1. The van der Waals surface area contributed by atoms with Crippen LogP contribution in [0.25, 0.3) is 0 Å². The number of carbonyl (C=O) groups is 1. The molecule has 0 saturated heterocycles. The number of nitro groups is 1. The number of hydrogen-bond acceptors (Lipinski definition) is 4. The molecule has 0 N–H and O–H groups in total. The van der Waals surface area contributed by atoms with Gasteiger partial charge in [-0.25, -0.2) is 0 Å². The maximum Gasteiger partial charge on any atom is 0.211 e. The van der Waals surface area contributed by atoms with Crippen LogP contribution < -0.4 is 0 Å². The summed E-state index contributed by atoms with van der Waals surface area (Å²) in [5.74, 6) is -0.658. The van der Waals surface area contributed by atoms with E-state index in [9.17, 15) is 14.9 Å². The molecule has 1 aromatic heterocycles. The van der Waals surface area contributed by atoms with Crippen molar-refractivity contribution in [2.45, 2.75) is 12.3 Å². The topological polar surface area (TPSA) is 73.1 Å². The summed E-state index contributed by atoms with van der Waals surface area (Å²) < 4.78 is 0.832. The van der Waals surface area contributed by atoms with Crippen molar-refractivity contribution >= 4 is 21.7 Å². The minimum absolute atomic E-state index is 0.0639. The molecule has 0 radical (unpaired) electrons. The van der Waals surface area contributed by atoms with E-state index in [1.807, 2.05) is 6.07 Å². The molecule has 1 atom stereocenters. The van der Waals surface area contributed by atoms with Gasteiger partial charge >= 0.3 is 0 Å². The molecule has 0 spiro atoms. The lowest BCUT2D eigenvalue weighted by Crippen LogP contribution is -2.17. The van der Waals surface area contributed by atoms with Crippen molar-refractivity contribution < 1.29 is 9.72 Å². The van der Waals surface area contributed by atoms with Crippen LogP contribution in [0.2, 0.25) is 0 Å². The highest BCUT2D eigenvalue weighted by atomic mass is 79.9. The van der Waals surface area contributed by atoms with Gasteiger partial charge in [0.05, 0.1) is 5.92 Å². The Kier molecular flexibility index (Phi) is 5.16. The normalized spacial score (nSPS) is 11.9. The molecule has 2 aromatic rings. The lowest BCUT2D eigenvalue weighted by Gasteiger charge is -2.12. The van der Waals surface area contributed by atoms with Gasteiger partial charge in [-0.15, -0.1) is 0 Å². The molecule has 1 heterocycles. The third kappa shape index (κ3) is 4.46. The first-order chi connectivity index (χ1) is 10.1. The summed E-state index contributed by atoms with van der Waals surface area (Å²) in [6.45, 7) is -0.283. The minimum atomic E-state index is -0.466. The number of Topliss-reactive ketones (excluding diaryl/α,β-unsaturated/α-hetero) is 1. The van der Waals surface area contributed by atoms with Crippen molar-refractivity contribution in [3.8, 4) is 0 Å². The molecule has 0 aliphatic rings. The fraction of sp³-hybridized carbons (Fsp3) is 0.200. The molecular formula is C15H13BrN2O3. The third-order valence-electron chi connectivity index (χ3n) is 3.07. The molecule has 0 saturated carbocycles. The molecule has 0 unspecified atom stereocenters. The van der Waals surface area contributed by atoms with Crippen LogP contribution in [-0.2, 0) is 0 Å². The number of ketones is 1. The second-order valence-corrected chi connectivity index (χ2v) is 5.53. The van der Waals surface area contributed by atoms with Crippen molar-refractivity contribution in [3.05, 3.63) is 74.5 Å². The molecule has 1 aromatic carbocycles. The SMILES string of the molecule is O=C(C[C@H](C[N+](=O)[O-])c1cccc(Br)c1)c1ccccn1. The highest BCUT2D eigenvalue weighted by molar-refractivity contribution is 9.10. The molecule has 6 heteroatoms. The van der Waals surface area contributed by atoms with Gasteiger partial charge in [0.25, 0.3) is 0 Å². The monoisotopic (exact) mass is 348 g/mol. The van der Waals surface area contributed by atoms with Crippen molar-refractivity contribution in [1.29, 1.82) is 0 Å². The van der Waals surface area contributed by atoms with Crippen LogP contribution in [0.3, 0.4) is 0 Å². The molecule has 21 heavy (non-hydrogen) atoms. The van der Waals surface area contributed by atoms with Gasteiger partial charge in [-0.2, -0.15) is 0 Å². The van der Waals surface area contributed by atoms with E-state index >= 15 is 0 Å². The minimum Gasteiger partial charge on any atom is -0.292 e. The van der Waals surface area contributed by atoms with E-state index in [1.54, 1.807) is 36.4 Å². The Balaban J connectivity index is 2.21. The lowest BCUT2D eigenvalue weighted by atomic mass is 9.93. The van der Waals surface area contributed by atoms with Crippen LogP contribution in [-0.4, -0.2) is 22.2 Å². The maximum atomic E-state index is 12.2. The van der Waals surface area contributed by atoms with Gasteiger partial charge in [0.2, 0.25) is 6.54 Å². The van der Waals surface area contributed by atoms with Crippen molar-refractivity contribution in [2.24, 2.45) is 0 Å². The van der Waals surface area contributed by atoms with E-state index in [1.165, 1.54) is 6.20 Å². The number of benzene rings is 1. The molecule has 0 bridgehead atoms. The molecule has 108 valence electrons. The molecule has 0 aliphatic heterocycles. The van der Waals surface area contributed by atoms with Gasteiger partial charge in [-0.05, 0) is 29.8 Å². The first kappa shape index (κ1) is 15.3. The standard InChI is InChI=1S/C15H13BrN2O3/c16-13-5-3-4-11(8-13)12(10-18(20)21)9-15(19)14-6-1-2-7-17-14/h1-8,12H,9-10H2/t12-/m1/s1. The Bertz CT molecular complexity index is 646. The van der Waals surface area contributed by atoms with Crippen molar-refractivity contribution in [3.63, 3.8) is 0 Å². The van der Waals surface area contributed by atoms with Gasteiger partial charge in [-0.3, -0.25) is 19.9 Å². The lowest BCUT2D eigenvalue weighted by molar-refractivity contribution is -0.483. The largest absolute Gasteiger partial charge is 0.292 e. The fourth-order valence-corrected chi connectivity index (χ4v) is 2.50. The summed E-state index contributed by atoms with van der Waals surface area (Å²) in [5.41, 5.74) is 1.10. The zero-order chi connectivity index (χ0) is 15.2. The van der Waals surface area contributed by atoms with E-state index in [-0.39, 0.29) is 18.7 Å². The fourth-order valence-electron chi connectivity index (χ4n) is 2.08. The summed E-state index contributed by atoms with van der Waals surface area (Å²) >= 11 is 3.34. The van der Waals surface area contributed by atoms with Crippen LogP contribution in [0.5, 0.6) is 0 Å². The molecule has 0 amide bonds. The summed E-state index contributed by atoms with van der Waals surface area (Å²) in [6, 6.07) is 12.3. The molecule has 5 nitrogen and oxygen atoms in total. The van der Waals surface area contributed by atoms with Gasteiger partial charge in [-0.1, -0.05) is 34.1 Å². The first-order valence-corrected chi connectivity index (χ1v) is 7.17. The smallest absolute Gasteiger partial charge is 0.211 e. The number of pyridine rings is 1. The predicted octanol–water partition coefficient (Wildman–Crippen LogP) is 3.48. The van der Waals surface area contributed by atoms with Crippen LogP contribution in [0.1, 0.15) is 28.4 Å². The van der Waals surface area contributed by atoms with E-state index in [4.69, 9.17) is 0 Å². The molecule has 2 rings (SSSR count). The Labute approximate surface area is 130 Å². The zero-order valence-corrected chi connectivity index (χ0v) is 12.7. The van der Waals surface area contributed by atoms with Gasteiger partial charge < -0.3 is 0 Å². The van der Waals surface area contributed by atoms with Crippen molar-refractivity contribution in [2.75, 3.05) is 6.54 Å². The van der Waals surface area contributed by atoms with Crippen LogP contribution in [0.4, 0.5) is 0 Å². The summed E-state index contributed by atoms with van der Waals surface area (Å²) in [4.78, 5) is 26.7. The highest BCUT2D eigenvalue weighted by Crippen LogP contribution is 2.24. The van der Waals surface area contributed by atoms with E-state index in [0.29, 0.717) is 5.69 Å². The van der Waals surface area contributed by atoms with Crippen LogP contribution in [0.15, 0.2) is 53.1 Å². The quantitative estimate of drug-likeness (QED) is 0.455. The highest BCUT2D eigenvalue weighted by Gasteiger charge is 2.22. The van der Waals surface area contributed by atoms with E-state index in [2.05, 4.69) is 20.9 Å². The average Bonchev–Trinajstić information content (AvgIpc) is 2.47. The van der Waals surface area contributed by atoms with Crippen molar-refractivity contribution in [1.82, 2.24) is 4.98 Å². The Morgan fingerprint density at radius 2 is 2.10 bits per heavy atom. The predicted molar refractivity (Wildman–Crippen MR) is 81.9 cm³/mol. The number of hydrogen-bond donors (Lipinski definition) is 0. The number of halogens is 1. The molecular weight excluding hydrogens is 336 g/mol. The van der Waals surface area contributed by atoms with Gasteiger partial charge in [0.15, 0.2) is 5.78 Å². The Morgan fingerprint density at radius 3 is 2.71 bits per heavy atom. The van der Waals surface area contributed by atoms with Gasteiger partial charge in [0, 0.05) is 22.0 Å². The summed E-state index contributed by atoms with van der Waals surface area (Å²) in [6.07, 6.45) is 1.60. The third-order valence-corrected chi connectivity index (χ3v) is 3.57. The average molecular weight is 349 g/mol. The van der Waals surface area contributed by atoms with E-state index in [0.717, 1.165) is 10.0 Å². The number of nitrogens with zero attached hydrogens (tertiary/aromatic N) is 2.